The molecule has 2 aliphatic heterocycles. The van der Waals surface area contributed by atoms with Crippen LogP contribution >= 0.6 is 12.4 Å². The highest BCUT2D eigenvalue weighted by atomic mass is 35.5. The predicted molar refractivity (Wildman–Crippen MR) is 96.2 cm³/mol. The summed E-state index contributed by atoms with van der Waals surface area (Å²) in [5, 5.41) is 3.43. The molecule has 1 unspecified atom stereocenters. The number of nitrogens with one attached hydrogen (secondary N) is 1. The third kappa shape index (κ3) is 3.14. The molecule has 23 heavy (non-hydrogen) atoms. The van der Waals surface area contributed by atoms with E-state index >= 15 is 0 Å². The summed E-state index contributed by atoms with van der Waals surface area (Å²) in [5.74, 6) is 0.679. The van der Waals surface area contributed by atoms with E-state index in [-0.39, 0.29) is 18.3 Å². The Morgan fingerprint density at radius 2 is 1.91 bits per heavy atom. The average Bonchev–Trinajstić information content (AvgIpc) is 3.22. The van der Waals surface area contributed by atoms with Crippen LogP contribution in [0.1, 0.15) is 44.1 Å². The number of halogens is 1. The van der Waals surface area contributed by atoms with Crippen molar-refractivity contribution in [1.82, 2.24) is 5.32 Å². The predicted octanol–water partition coefficient (Wildman–Crippen LogP) is 3.56. The van der Waals surface area contributed by atoms with Gasteiger partial charge in [0.1, 0.15) is 0 Å². The number of fused-ring (bicyclic) bond motifs is 1. The van der Waals surface area contributed by atoms with Gasteiger partial charge in [0.05, 0.1) is 0 Å². The SMILES string of the molecule is Cl.O=C(C1CC12CCNCC2)N1CCCCCc2ccccc21. The van der Waals surface area contributed by atoms with Crippen LogP contribution in [0.25, 0.3) is 0 Å². The summed E-state index contributed by atoms with van der Waals surface area (Å²) in [4.78, 5) is 15.3. The molecule has 1 aromatic rings. The largest absolute Gasteiger partial charge is 0.317 e. The van der Waals surface area contributed by atoms with Gasteiger partial charge in [-0.1, -0.05) is 24.6 Å². The second kappa shape index (κ2) is 6.82. The highest BCUT2D eigenvalue weighted by Crippen LogP contribution is 2.59. The van der Waals surface area contributed by atoms with E-state index in [9.17, 15) is 4.79 Å². The monoisotopic (exact) mass is 334 g/mol. The molecule has 1 aromatic carbocycles. The van der Waals surface area contributed by atoms with E-state index in [4.69, 9.17) is 0 Å². The Morgan fingerprint density at radius 3 is 2.74 bits per heavy atom. The number of amides is 1. The van der Waals surface area contributed by atoms with Crippen LogP contribution in [0.2, 0.25) is 0 Å². The van der Waals surface area contributed by atoms with Gasteiger partial charge in [-0.15, -0.1) is 12.4 Å². The van der Waals surface area contributed by atoms with Gasteiger partial charge in [0.15, 0.2) is 0 Å². The average molecular weight is 335 g/mol. The number of carbonyl (C=O) groups is 1. The maximum Gasteiger partial charge on any atom is 0.230 e. The van der Waals surface area contributed by atoms with E-state index < -0.39 is 0 Å². The molecule has 0 bridgehead atoms. The highest BCUT2D eigenvalue weighted by molar-refractivity contribution is 5.98. The van der Waals surface area contributed by atoms with Gasteiger partial charge < -0.3 is 10.2 Å². The molecule has 0 aromatic heterocycles. The van der Waals surface area contributed by atoms with Crippen molar-refractivity contribution in [1.29, 1.82) is 0 Å². The van der Waals surface area contributed by atoms with Crippen LogP contribution < -0.4 is 10.2 Å². The number of rotatable bonds is 1. The number of nitrogens with zero attached hydrogens (tertiary/aromatic N) is 1. The Bertz CT molecular complexity index is 568. The van der Waals surface area contributed by atoms with Crippen molar-refractivity contribution in [3.8, 4) is 0 Å². The van der Waals surface area contributed by atoms with Crippen molar-refractivity contribution in [2.75, 3.05) is 24.5 Å². The van der Waals surface area contributed by atoms with Gasteiger partial charge >= 0.3 is 0 Å². The Labute approximate surface area is 145 Å². The highest BCUT2D eigenvalue weighted by Gasteiger charge is 2.58. The maximum absolute atomic E-state index is 13.2. The van der Waals surface area contributed by atoms with Crippen molar-refractivity contribution in [3.63, 3.8) is 0 Å². The summed E-state index contributed by atoms with van der Waals surface area (Å²) in [5.41, 5.74) is 2.87. The molecule has 2 fully saturated rings. The lowest BCUT2D eigenvalue weighted by Crippen LogP contribution is -2.38. The van der Waals surface area contributed by atoms with Gasteiger partial charge in [-0.3, -0.25) is 4.79 Å². The Balaban J connectivity index is 0.00000156. The summed E-state index contributed by atoms with van der Waals surface area (Å²) in [6, 6.07) is 8.53. The molecule has 1 atom stereocenters. The van der Waals surface area contributed by atoms with Crippen molar-refractivity contribution < 1.29 is 4.79 Å². The fourth-order valence-corrected chi connectivity index (χ4v) is 4.46. The second-order valence-corrected chi connectivity index (χ2v) is 7.30. The Morgan fingerprint density at radius 1 is 1.13 bits per heavy atom. The van der Waals surface area contributed by atoms with Crippen LogP contribution in [0.4, 0.5) is 5.69 Å². The summed E-state index contributed by atoms with van der Waals surface area (Å²) in [6.45, 7) is 3.07. The maximum atomic E-state index is 13.2. The first-order valence-corrected chi connectivity index (χ1v) is 8.90. The summed E-state index contributed by atoms with van der Waals surface area (Å²) in [6.07, 6.45) is 8.21. The lowest BCUT2D eigenvalue weighted by molar-refractivity contribution is -0.120. The molecule has 1 aliphatic carbocycles. The number of carbonyl (C=O) groups excluding carboxylic acids is 1. The molecule has 126 valence electrons. The summed E-state index contributed by atoms with van der Waals surface area (Å²) in [7, 11) is 0. The van der Waals surface area contributed by atoms with E-state index in [1.54, 1.807) is 0 Å². The zero-order chi connectivity index (χ0) is 15.0. The quantitative estimate of drug-likeness (QED) is 0.851. The van der Waals surface area contributed by atoms with Crippen molar-refractivity contribution in [3.05, 3.63) is 29.8 Å². The summed E-state index contributed by atoms with van der Waals surface area (Å²) < 4.78 is 0. The van der Waals surface area contributed by atoms with Gasteiger partial charge in [-0.05, 0) is 68.7 Å². The molecule has 2 heterocycles. The van der Waals surface area contributed by atoms with Crippen LogP contribution in [0.5, 0.6) is 0 Å². The minimum atomic E-state index is 0. The number of piperidine rings is 1. The third-order valence-corrected chi connectivity index (χ3v) is 5.96. The van der Waals surface area contributed by atoms with Gasteiger partial charge in [-0.25, -0.2) is 0 Å². The van der Waals surface area contributed by atoms with E-state index in [1.165, 1.54) is 36.9 Å². The third-order valence-electron chi connectivity index (χ3n) is 5.96. The van der Waals surface area contributed by atoms with Crippen molar-refractivity contribution in [2.45, 2.75) is 44.9 Å². The molecule has 0 radical (unpaired) electrons. The lowest BCUT2D eigenvalue weighted by Gasteiger charge is -2.29. The minimum absolute atomic E-state index is 0. The number of anilines is 1. The van der Waals surface area contributed by atoms with Crippen molar-refractivity contribution >= 4 is 24.0 Å². The van der Waals surface area contributed by atoms with Crippen LogP contribution in [-0.2, 0) is 11.2 Å². The first-order valence-electron chi connectivity index (χ1n) is 8.90. The molecule has 1 saturated heterocycles. The van der Waals surface area contributed by atoms with Gasteiger partial charge in [-0.2, -0.15) is 0 Å². The molecule has 4 rings (SSSR count). The van der Waals surface area contributed by atoms with Crippen LogP contribution in [-0.4, -0.2) is 25.5 Å². The van der Waals surface area contributed by atoms with Crippen LogP contribution in [0.15, 0.2) is 24.3 Å². The van der Waals surface area contributed by atoms with Crippen LogP contribution in [0, 0.1) is 11.3 Å². The molecule has 3 aliphatic rings. The van der Waals surface area contributed by atoms with Gasteiger partial charge in [0, 0.05) is 18.2 Å². The van der Waals surface area contributed by atoms with Gasteiger partial charge in [0.2, 0.25) is 5.91 Å². The number of benzene rings is 1. The topological polar surface area (TPSA) is 32.3 Å². The van der Waals surface area contributed by atoms with Gasteiger partial charge in [0.25, 0.3) is 0 Å². The molecular weight excluding hydrogens is 308 g/mol. The zero-order valence-electron chi connectivity index (χ0n) is 13.7. The fraction of sp³-hybridized carbons (Fsp3) is 0.632. The normalized spacial score (nSPS) is 25.7. The number of hydrogen-bond donors (Lipinski definition) is 1. The first kappa shape index (κ1) is 16.8. The van der Waals surface area contributed by atoms with E-state index in [0.717, 1.165) is 38.9 Å². The van der Waals surface area contributed by atoms with E-state index in [2.05, 4.69) is 34.5 Å². The molecule has 1 spiro atoms. The standard InChI is InChI=1S/C19H26N2O.ClH/c22-18(16-14-19(16)9-11-20-12-10-19)21-13-5-1-2-6-15-7-3-4-8-17(15)21;/h3-4,7-8,16,20H,1-2,5-6,9-14H2;1H. The first-order chi connectivity index (χ1) is 10.8. The van der Waals surface area contributed by atoms with Crippen molar-refractivity contribution in [2.24, 2.45) is 11.3 Å². The minimum Gasteiger partial charge on any atom is -0.317 e. The molecule has 1 N–H and O–H groups in total. The summed E-state index contributed by atoms with van der Waals surface area (Å²) >= 11 is 0. The lowest BCUT2D eigenvalue weighted by atomic mass is 9.91. The number of para-hydroxylation sites is 1. The molecular formula is C19H27ClN2O. The van der Waals surface area contributed by atoms with E-state index in [0.29, 0.717) is 11.3 Å². The fourth-order valence-electron chi connectivity index (χ4n) is 4.46. The number of aryl methyl sites for hydroxylation is 1. The Kier molecular flexibility index (Phi) is 4.98. The van der Waals surface area contributed by atoms with E-state index in [1.807, 2.05) is 0 Å². The second-order valence-electron chi connectivity index (χ2n) is 7.30. The Hall–Kier alpha value is -1.06. The molecule has 1 amide bonds. The molecule has 1 saturated carbocycles. The van der Waals surface area contributed by atoms with Crippen LogP contribution in [0.3, 0.4) is 0 Å². The zero-order valence-corrected chi connectivity index (χ0v) is 14.5. The smallest absolute Gasteiger partial charge is 0.230 e. The molecule has 4 heteroatoms. The molecule has 3 nitrogen and oxygen atoms in total. The number of hydrogen-bond acceptors (Lipinski definition) is 2.